The van der Waals surface area contributed by atoms with E-state index in [-0.39, 0.29) is 23.1 Å². The number of nitrogens with one attached hydrogen (secondary N) is 3. The maximum Gasteiger partial charge on any atom is 0.251 e. The molecule has 2 aromatic rings. The molecule has 27 heavy (non-hydrogen) atoms. The van der Waals surface area contributed by atoms with Gasteiger partial charge in [0.1, 0.15) is 0 Å². The van der Waals surface area contributed by atoms with E-state index in [0.29, 0.717) is 23.7 Å². The first kappa shape index (κ1) is 19.3. The first-order valence-electron chi connectivity index (χ1n) is 9.15. The van der Waals surface area contributed by atoms with Crippen molar-refractivity contribution in [2.24, 2.45) is 5.92 Å². The van der Waals surface area contributed by atoms with E-state index in [4.69, 9.17) is 0 Å². The number of hydrogen-bond acceptors (Lipinski definition) is 4. The summed E-state index contributed by atoms with van der Waals surface area (Å²) in [7, 11) is 0. The molecule has 0 aliphatic carbocycles. The summed E-state index contributed by atoms with van der Waals surface area (Å²) < 4.78 is 0. The number of amides is 2. The molecular formula is C21H25N3O2S. The SMILES string of the molecule is CC(C)[C@@H](CNC(=O)c1ccc2c(c1)NC(=O)[C@H](C)S2)Nc1ccccc1. The summed E-state index contributed by atoms with van der Waals surface area (Å²) >= 11 is 1.51. The highest BCUT2D eigenvalue weighted by Crippen LogP contribution is 2.35. The summed E-state index contributed by atoms with van der Waals surface area (Å²) in [4.78, 5) is 25.4. The number of rotatable bonds is 6. The normalized spacial score (nSPS) is 17.0. The second-order valence-electron chi connectivity index (χ2n) is 7.03. The molecule has 2 atom stereocenters. The Morgan fingerprint density at radius 1 is 1.19 bits per heavy atom. The Balaban J connectivity index is 1.64. The molecule has 0 unspecified atom stereocenters. The lowest BCUT2D eigenvalue weighted by Crippen LogP contribution is -2.39. The van der Waals surface area contributed by atoms with Gasteiger partial charge in [-0.05, 0) is 43.2 Å². The number of carbonyl (C=O) groups is 2. The Kier molecular flexibility index (Phi) is 6.06. The highest BCUT2D eigenvalue weighted by Gasteiger charge is 2.24. The highest BCUT2D eigenvalue weighted by molar-refractivity contribution is 8.00. The van der Waals surface area contributed by atoms with E-state index < -0.39 is 0 Å². The van der Waals surface area contributed by atoms with Crippen LogP contribution in [0.5, 0.6) is 0 Å². The molecule has 2 aromatic carbocycles. The maximum absolute atomic E-state index is 12.6. The zero-order valence-corrected chi connectivity index (χ0v) is 16.6. The second kappa shape index (κ2) is 8.48. The summed E-state index contributed by atoms with van der Waals surface area (Å²) in [5, 5.41) is 9.23. The molecule has 0 fully saturated rings. The van der Waals surface area contributed by atoms with E-state index in [2.05, 4.69) is 29.8 Å². The fraction of sp³-hybridized carbons (Fsp3) is 0.333. The van der Waals surface area contributed by atoms with E-state index in [1.54, 1.807) is 12.1 Å². The predicted molar refractivity (Wildman–Crippen MR) is 111 cm³/mol. The van der Waals surface area contributed by atoms with E-state index in [9.17, 15) is 9.59 Å². The minimum atomic E-state index is -0.142. The molecule has 1 aliphatic heterocycles. The molecule has 0 bridgehead atoms. The highest BCUT2D eigenvalue weighted by atomic mass is 32.2. The molecule has 0 saturated heterocycles. The van der Waals surface area contributed by atoms with Crippen LogP contribution in [0.25, 0.3) is 0 Å². The maximum atomic E-state index is 12.6. The Labute approximate surface area is 164 Å². The summed E-state index contributed by atoms with van der Waals surface area (Å²) in [5.74, 6) is 0.180. The van der Waals surface area contributed by atoms with Gasteiger partial charge in [0.2, 0.25) is 5.91 Å². The number of para-hydroxylation sites is 1. The van der Waals surface area contributed by atoms with Crippen LogP contribution in [0.4, 0.5) is 11.4 Å². The van der Waals surface area contributed by atoms with Crippen LogP contribution in [0.1, 0.15) is 31.1 Å². The molecule has 1 heterocycles. The van der Waals surface area contributed by atoms with E-state index >= 15 is 0 Å². The van der Waals surface area contributed by atoms with Crippen molar-refractivity contribution in [1.29, 1.82) is 0 Å². The molecule has 0 aromatic heterocycles. The van der Waals surface area contributed by atoms with Gasteiger partial charge < -0.3 is 16.0 Å². The van der Waals surface area contributed by atoms with Crippen molar-refractivity contribution < 1.29 is 9.59 Å². The van der Waals surface area contributed by atoms with Gasteiger partial charge in [-0.15, -0.1) is 11.8 Å². The van der Waals surface area contributed by atoms with Gasteiger partial charge in [-0.2, -0.15) is 0 Å². The molecule has 0 saturated carbocycles. The van der Waals surface area contributed by atoms with Gasteiger partial charge in [0.25, 0.3) is 5.91 Å². The fourth-order valence-corrected chi connectivity index (χ4v) is 3.79. The first-order chi connectivity index (χ1) is 12.9. The van der Waals surface area contributed by atoms with Crippen LogP contribution in [0.15, 0.2) is 53.4 Å². The van der Waals surface area contributed by atoms with Crippen molar-refractivity contribution in [1.82, 2.24) is 5.32 Å². The van der Waals surface area contributed by atoms with Gasteiger partial charge in [-0.1, -0.05) is 32.0 Å². The average molecular weight is 384 g/mol. The number of fused-ring (bicyclic) bond motifs is 1. The molecule has 3 rings (SSSR count). The number of benzene rings is 2. The lowest BCUT2D eigenvalue weighted by Gasteiger charge is -2.24. The first-order valence-corrected chi connectivity index (χ1v) is 10.0. The quantitative estimate of drug-likeness (QED) is 0.705. The molecule has 3 N–H and O–H groups in total. The molecule has 0 radical (unpaired) electrons. The minimum Gasteiger partial charge on any atom is -0.380 e. The van der Waals surface area contributed by atoms with Gasteiger partial charge in [0.05, 0.1) is 10.9 Å². The molecule has 2 amide bonds. The van der Waals surface area contributed by atoms with Crippen LogP contribution in [0.3, 0.4) is 0 Å². The van der Waals surface area contributed by atoms with Crippen LogP contribution in [-0.2, 0) is 4.79 Å². The predicted octanol–water partition coefficient (Wildman–Crippen LogP) is 3.99. The fourth-order valence-electron chi connectivity index (χ4n) is 2.86. The Bertz CT molecular complexity index is 823. The van der Waals surface area contributed by atoms with E-state index in [0.717, 1.165) is 10.6 Å². The molecule has 5 nitrogen and oxygen atoms in total. The Morgan fingerprint density at radius 2 is 1.93 bits per heavy atom. The summed E-state index contributed by atoms with van der Waals surface area (Å²) in [6, 6.07) is 15.5. The van der Waals surface area contributed by atoms with E-state index in [1.807, 2.05) is 43.3 Å². The van der Waals surface area contributed by atoms with E-state index in [1.165, 1.54) is 11.8 Å². The summed E-state index contributed by atoms with van der Waals surface area (Å²) in [6.45, 7) is 6.63. The van der Waals surface area contributed by atoms with Gasteiger partial charge in [-0.25, -0.2) is 0 Å². The van der Waals surface area contributed by atoms with Crippen molar-refractivity contribution >= 4 is 35.0 Å². The van der Waals surface area contributed by atoms with Crippen LogP contribution in [0, 0.1) is 5.92 Å². The van der Waals surface area contributed by atoms with Crippen LogP contribution >= 0.6 is 11.8 Å². The number of thioether (sulfide) groups is 1. The van der Waals surface area contributed by atoms with Crippen molar-refractivity contribution in [3.63, 3.8) is 0 Å². The zero-order chi connectivity index (χ0) is 19.4. The largest absolute Gasteiger partial charge is 0.380 e. The number of hydrogen-bond donors (Lipinski definition) is 3. The van der Waals surface area contributed by atoms with Crippen molar-refractivity contribution in [2.75, 3.05) is 17.2 Å². The Morgan fingerprint density at radius 3 is 2.63 bits per heavy atom. The summed E-state index contributed by atoms with van der Waals surface area (Å²) in [6.07, 6.45) is 0. The average Bonchev–Trinajstić information content (AvgIpc) is 2.66. The third-order valence-corrected chi connectivity index (χ3v) is 5.76. The zero-order valence-electron chi connectivity index (χ0n) is 15.8. The third-order valence-electron chi connectivity index (χ3n) is 4.59. The van der Waals surface area contributed by atoms with Gasteiger partial charge >= 0.3 is 0 Å². The molecule has 0 spiro atoms. The van der Waals surface area contributed by atoms with Crippen LogP contribution in [0.2, 0.25) is 0 Å². The third kappa shape index (κ3) is 4.83. The lowest BCUT2D eigenvalue weighted by atomic mass is 10.0. The van der Waals surface area contributed by atoms with Crippen LogP contribution in [-0.4, -0.2) is 29.7 Å². The molecule has 1 aliphatic rings. The van der Waals surface area contributed by atoms with Gasteiger partial charge in [-0.3, -0.25) is 9.59 Å². The van der Waals surface area contributed by atoms with Crippen LogP contribution < -0.4 is 16.0 Å². The molecule has 142 valence electrons. The monoisotopic (exact) mass is 383 g/mol. The van der Waals surface area contributed by atoms with Gasteiger partial charge in [0.15, 0.2) is 0 Å². The molecular weight excluding hydrogens is 358 g/mol. The lowest BCUT2D eigenvalue weighted by molar-refractivity contribution is -0.115. The van der Waals surface area contributed by atoms with Crippen molar-refractivity contribution in [3.05, 3.63) is 54.1 Å². The number of carbonyl (C=O) groups excluding carboxylic acids is 2. The second-order valence-corrected chi connectivity index (χ2v) is 8.41. The standard InChI is InChI=1S/C21H25N3O2S/c1-13(2)18(23-16-7-5-4-6-8-16)12-22-21(26)15-9-10-19-17(11-15)24-20(25)14(3)27-19/h4-11,13-14,18,23H,12H2,1-3H3,(H,22,26)(H,24,25)/t14-,18+/m0/s1. The Hall–Kier alpha value is -2.47. The van der Waals surface area contributed by atoms with Crippen molar-refractivity contribution in [3.8, 4) is 0 Å². The smallest absolute Gasteiger partial charge is 0.251 e. The summed E-state index contributed by atoms with van der Waals surface area (Å²) in [5.41, 5.74) is 2.29. The van der Waals surface area contributed by atoms with Gasteiger partial charge in [0, 0.05) is 28.7 Å². The molecule has 6 heteroatoms. The topological polar surface area (TPSA) is 70.2 Å². The van der Waals surface area contributed by atoms with Crippen molar-refractivity contribution in [2.45, 2.75) is 37.0 Å². The minimum absolute atomic E-state index is 0.0306. The number of anilines is 2.